The van der Waals surface area contributed by atoms with Gasteiger partial charge in [0.05, 0.1) is 30.0 Å². The van der Waals surface area contributed by atoms with Crippen molar-refractivity contribution in [1.29, 1.82) is 0 Å². The number of ether oxygens (including phenoxy) is 2. The van der Waals surface area contributed by atoms with Crippen molar-refractivity contribution in [3.8, 4) is 5.75 Å². The van der Waals surface area contributed by atoms with Gasteiger partial charge in [-0.15, -0.1) is 0 Å². The minimum absolute atomic E-state index is 0.106. The highest BCUT2D eigenvalue weighted by atomic mass is 16.5. The van der Waals surface area contributed by atoms with Gasteiger partial charge in [0.25, 0.3) is 5.91 Å². The molecule has 0 saturated carbocycles. The van der Waals surface area contributed by atoms with E-state index in [9.17, 15) is 4.79 Å². The van der Waals surface area contributed by atoms with Crippen LogP contribution in [0.4, 0.5) is 0 Å². The molecule has 0 radical (unpaired) electrons. The fourth-order valence-electron chi connectivity index (χ4n) is 2.71. The van der Waals surface area contributed by atoms with Gasteiger partial charge in [0.1, 0.15) is 5.75 Å². The Morgan fingerprint density at radius 3 is 3.05 bits per heavy atom. The largest absolute Gasteiger partial charge is 0.497 e. The molecule has 5 heteroatoms. The minimum atomic E-state index is -0.106. The Morgan fingerprint density at radius 2 is 2.32 bits per heavy atom. The Balaban J connectivity index is 1.81. The summed E-state index contributed by atoms with van der Waals surface area (Å²) in [7, 11) is 1.62. The van der Waals surface area contributed by atoms with E-state index in [0.29, 0.717) is 12.1 Å². The molecule has 1 N–H and O–H groups in total. The molecule has 2 heterocycles. The van der Waals surface area contributed by atoms with Gasteiger partial charge in [0.15, 0.2) is 0 Å². The zero-order valence-corrected chi connectivity index (χ0v) is 12.9. The second kappa shape index (κ2) is 6.32. The lowest BCUT2D eigenvalue weighted by atomic mass is 10.1. The van der Waals surface area contributed by atoms with E-state index in [1.54, 1.807) is 7.11 Å². The van der Waals surface area contributed by atoms with Crippen LogP contribution in [-0.2, 0) is 4.74 Å². The zero-order valence-electron chi connectivity index (χ0n) is 12.9. The summed E-state index contributed by atoms with van der Waals surface area (Å²) in [4.78, 5) is 16.9. The highest BCUT2D eigenvalue weighted by Crippen LogP contribution is 2.22. The summed E-state index contributed by atoms with van der Waals surface area (Å²) >= 11 is 0. The van der Waals surface area contributed by atoms with Crippen LogP contribution < -0.4 is 10.1 Å². The Hall–Kier alpha value is -2.14. The number of amides is 1. The van der Waals surface area contributed by atoms with E-state index in [0.717, 1.165) is 41.8 Å². The van der Waals surface area contributed by atoms with Crippen molar-refractivity contribution >= 4 is 16.8 Å². The van der Waals surface area contributed by atoms with Crippen molar-refractivity contribution in [1.82, 2.24) is 10.3 Å². The number of fused-ring (bicyclic) bond motifs is 1. The van der Waals surface area contributed by atoms with Gasteiger partial charge < -0.3 is 14.8 Å². The molecule has 0 spiro atoms. The summed E-state index contributed by atoms with van der Waals surface area (Å²) in [6.45, 7) is 3.19. The van der Waals surface area contributed by atoms with Crippen molar-refractivity contribution in [2.24, 2.45) is 0 Å². The number of nitrogens with one attached hydrogen (secondary N) is 1. The number of hydrogen-bond donors (Lipinski definition) is 1. The maximum Gasteiger partial charge on any atom is 0.253 e. The van der Waals surface area contributed by atoms with Crippen LogP contribution in [0.3, 0.4) is 0 Å². The molecule has 2 aromatic rings. The summed E-state index contributed by atoms with van der Waals surface area (Å²) in [6, 6.07) is 7.52. The summed E-state index contributed by atoms with van der Waals surface area (Å²) in [5.41, 5.74) is 2.18. The van der Waals surface area contributed by atoms with Crippen molar-refractivity contribution in [3.05, 3.63) is 35.5 Å². The quantitative estimate of drug-likeness (QED) is 0.942. The Morgan fingerprint density at radius 1 is 1.45 bits per heavy atom. The molecule has 1 aliphatic rings. The van der Waals surface area contributed by atoms with Gasteiger partial charge >= 0.3 is 0 Å². The molecule has 1 aliphatic heterocycles. The number of rotatable bonds is 4. The molecule has 1 amide bonds. The Kier molecular flexibility index (Phi) is 4.24. The van der Waals surface area contributed by atoms with Crippen molar-refractivity contribution < 1.29 is 14.3 Å². The van der Waals surface area contributed by atoms with Gasteiger partial charge in [-0.3, -0.25) is 9.78 Å². The molecule has 0 unspecified atom stereocenters. The molecule has 1 aromatic carbocycles. The molecule has 116 valence electrons. The molecule has 3 rings (SSSR count). The molecule has 1 saturated heterocycles. The van der Waals surface area contributed by atoms with Crippen LogP contribution in [0.5, 0.6) is 5.75 Å². The lowest BCUT2D eigenvalue weighted by Crippen LogP contribution is -2.32. The van der Waals surface area contributed by atoms with E-state index in [4.69, 9.17) is 9.47 Å². The third-order valence-electron chi connectivity index (χ3n) is 3.97. The third kappa shape index (κ3) is 3.04. The zero-order chi connectivity index (χ0) is 15.5. The third-order valence-corrected chi connectivity index (χ3v) is 3.97. The summed E-state index contributed by atoms with van der Waals surface area (Å²) in [6.07, 6.45) is 2.21. The first kappa shape index (κ1) is 14.8. The topological polar surface area (TPSA) is 60.5 Å². The number of carbonyl (C=O) groups is 1. The van der Waals surface area contributed by atoms with Crippen LogP contribution in [0.2, 0.25) is 0 Å². The van der Waals surface area contributed by atoms with Gasteiger partial charge in [-0.2, -0.15) is 0 Å². The van der Waals surface area contributed by atoms with Crippen molar-refractivity contribution in [2.45, 2.75) is 25.9 Å². The van der Waals surface area contributed by atoms with Crippen LogP contribution in [0, 0.1) is 6.92 Å². The molecule has 1 atom stereocenters. The van der Waals surface area contributed by atoms with Gasteiger partial charge in [-0.1, -0.05) is 0 Å². The molecular formula is C17H20N2O3. The fraction of sp³-hybridized carbons (Fsp3) is 0.412. The number of hydrogen-bond acceptors (Lipinski definition) is 4. The molecule has 22 heavy (non-hydrogen) atoms. The summed E-state index contributed by atoms with van der Waals surface area (Å²) in [5, 5.41) is 3.84. The van der Waals surface area contributed by atoms with E-state index >= 15 is 0 Å². The molecule has 5 nitrogen and oxygen atoms in total. The van der Waals surface area contributed by atoms with Crippen molar-refractivity contribution in [2.75, 3.05) is 20.3 Å². The lowest BCUT2D eigenvalue weighted by Gasteiger charge is -2.12. The van der Waals surface area contributed by atoms with Crippen LogP contribution >= 0.6 is 0 Å². The predicted octanol–water partition coefficient (Wildman–Crippen LogP) is 2.46. The Bertz CT molecular complexity index is 694. The van der Waals surface area contributed by atoms with E-state index in [-0.39, 0.29) is 12.0 Å². The highest BCUT2D eigenvalue weighted by molar-refractivity contribution is 5.98. The number of methoxy groups -OCH3 is 1. The molecule has 0 bridgehead atoms. The lowest BCUT2D eigenvalue weighted by molar-refractivity contribution is 0.0857. The maximum absolute atomic E-state index is 12.4. The normalized spacial score (nSPS) is 17.6. The van der Waals surface area contributed by atoms with Crippen molar-refractivity contribution in [3.63, 3.8) is 0 Å². The minimum Gasteiger partial charge on any atom is -0.497 e. The van der Waals surface area contributed by atoms with E-state index in [1.165, 1.54) is 0 Å². The van der Waals surface area contributed by atoms with Crippen LogP contribution in [0.15, 0.2) is 24.3 Å². The summed E-state index contributed by atoms with van der Waals surface area (Å²) in [5.74, 6) is 0.647. The monoisotopic (exact) mass is 300 g/mol. The number of aromatic nitrogens is 1. The van der Waals surface area contributed by atoms with Crippen LogP contribution in [0.25, 0.3) is 10.9 Å². The number of nitrogens with zero attached hydrogens (tertiary/aromatic N) is 1. The Labute approximate surface area is 129 Å². The average molecular weight is 300 g/mol. The second-order valence-electron chi connectivity index (χ2n) is 5.53. The first-order valence-corrected chi connectivity index (χ1v) is 7.52. The maximum atomic E-state index is 12.4. The SMILES string of the molecule is COc1ccc2nc(C)c(C(=O)NC[C@@H]3CCCO3)cc2c1. The molecular weight excluding hydrogens is 280 g/mol. The molecule has 1 fully saturated rings. The molecule has 0 aliphatic carbocycles. The first-order valence-electron chi connectivity index (χ1n) is 7.52. The van der Waals surface area contributed by atoms with Crippen LogP contribution in [0.1, 0.15) is 28.9 Å². The first-order chi connectivity index (χ1) is 10.7. The second-order valence-corrected chi connectivity index (χ2v) is 5.53. The average Bonchev–Trinajstić information content (AvgIpc) is 3.05. The van der Waals surface area contributed by atoms with Gasteiger partial charge in [0.2, 0.25) is 0 Å². The van der Waals surface area contributed by atoms with E-state index < -0.39 is 0 Å². The van der Waals surface area contributed by atoms with E-state index in [2.05, 4.69) is 10.3 Å². The number of aryl methyl sites for hydroxylation is 1. The van der Waals surface area contributed by atoms with Gasteiger partial charge in [0, 0.05) is 18.5 Å². The number of carbonyl (C=O) groups excluding carboxylic acids is 1. The molecule has 1 aromatic heterocycles. The van der Waals surface area contributed by atoms with Gasteiger partial charge in [-0.25, -0.2) is 0 Å². The standard InChI is InChI=1S/C17H20N2O3/c1-11-15(17(20)18-10-14-4-3-7-22-14)9-12-8-13(21-2)5-6-16(12)19-11/h5-6,8-9,14H,3-4,7,10H2,1-2H3,(H,18,20)/t14-/m0/s1. The summed E-state index contributed by atoms with van der Waals surface area (Å²) < 4.78 is 10.7. The van der Waals surface area contributed by atoms with Crippen LogP contribution in [-0.4, -0.2) is 37.3 Å². The highest BCUT2D eigenvalue weighted by Gasteiger charge is 2.18. The van der Waals surface area contributed by atoms with Gasteiger partial charge in [-0.05, 0) is 44.0 Å². The van der Waals surface area contributed by atoms with E-state index in [1.807, 2.05) is 31.2 Å². The predicted molar refractivity (Wildman–Crippen MR) is 84.3 cm³/mol. The number of benzene rings is 1. The smallest absolute Gasteiger partial charge is 0.253 e. The number of pyridine rings is 1. The fourth-order valence-corrected chi connectivity index (χ4v) is 2.71.